The molecule has 0 spiro atoms. The SMILES string of the molecule is CSn1ccc2c(OCCCN(Cc3cccc(C(F)(F)F)c3Cl)CC(c3ccccc3)c3ccccc3)cccc21. The van der Waals surface area contributed by atoms with Gasteiger partial charge in [0.1, 0.15) is 5.75 Å². The van der Waals surface area contributed by atoms with Gasteiger partial charge in [-0.15, -0.1) is 0 Å². The van der Waals surface area contributed by atoms with Crippen LogP contribution in [0.1, 0.15) is 34.6 Å². The molecule has 42 heavy (non-hydrogen) atoms. The van der Waals surface area contributed by atoms with Crippen molar-refractivity contribution in [2.45, 2.75) is 25.1 Å². The van der Waals surface area contributed by atoms with Gasteiger partial charge in [0.25, 0.3) is 0 Å². The van der Waals surface area contributed by atoms with Crippen molar-refractivity contribution >= 4 is 34.5 Å². The molecule has 1 heterocycles. The number of fused-ring (bicyclic) bond motifs is 1. The molecule has 0 N–H and O–H groups in total. The molecular formula is C34H32ClF3N2OS. The van der Waals surface area contributed by atoms with E-state index in [1.165, 1.54) is 6.07 Å². The van der Waals surface area contributed by atoms with Crippen molar-refractivity contribution in [1.82, 2.24) is 8.87 Å². The molecule has 5 aromatic rings. The highest BCUT2D eigenvalue weighted by molar-refractivity contribution is 7.97. The van der Waals surface area contributed by atoms with Crippen LogP contribution < -0.4 is 4.74 Å². The largest absolute Gasteiger partial charge is 0.493 e. The van der Waals surface area contributed by atoms with Crippen molar-refractivity contribution in [3.05, 3.63) is 137 Å². The quantitative estimate of drug-likeness (QED) is 0.131. The van der Waals surface area contributed by atoms with E-state index in [4.69, 9.17) is 16.3 Å². The van der Waals surface area contributed by atoms with E-state index in [2.05, 4.69) is 39.2 Å². The summed E-state index contributed by atoms with van der Waals surface area (Å²) < 4.78 is 49.2. The second-order valence-corrected chi connectivity index (χ2v) is 11.2. The average molecular weight is 609 g/mol. The molecule has 0 aliphatic rings. The first-order valence-corrected chi connectivity index (χ1v) is 15.4. The first kappa shape index (κ1) is 30.1. The summed E-state index contributed by atoms with van der Waals surface area (Å²) in [6.07, 6.45) is 0.220. The van der Waals surface area contributed by atoms with Crippen LogP contribution in [-0.2, 0) is 12.7 Å². The lowest BCUT2D eigenvalue weighted by Gasteiger charge is -2.29. The predicted molar refractivity (Wildman–Crippen MR) is 167 cm³/mol. The lowest BCUT2D eigenvalue weighted by atomic mass is 9.90. The zero-order chi connectivity index (χ0) is 29.5. The van der Waals surface area contributed by atoms with E-state index < -0.39 is 11.7 Å². The van der Waals surface area contributed by atoms with E-state index in [1.807, 2.05) is 67.0 Å². The van der Waals surface area contributed by atoms with Gasteiger partial charge in [0.15, 0.2) is 0 Å². The molecule has 0 unspecified atom stereocenters. The molecule has 218 valence electrons. The number of hydrogen-bond donors (Lipinski definition) is 0. The fraction of sp³-hybridized carbons (Fsp3) is 0.235. The molecule has 0 amide bonds. The summed E-state index contributed by atoms with van der Waals surface area (Å²) in [7, 11) is 0. The minimum absolute atomic E-state index is 0.0259. The topological polar surface area (TPSA) is 17.4 Å². The third-order valence-corrected chi connectivity index (χ3v) is 8.51. The molecule has 0 fully saturated rings. The maximum absolute atomic E-state index is 13.6. The Morgan fingerprint density at radius 1 is 0.857 bits per heavy atom. The molecule has 4 aromatic carbocycles. The summed E-state index contributed by atoms with van der Waals surface area (Å²) in [5, 5.41) is 0.805. The van der Waals surface area contributed by atoms with Gasteiger partial charge in [0.2, 0.25) is 0 Å². The van der Waals surface area contributed by atoms with Gasteiger partial charge in [-0.25, -0.2) is 0 Å². The molecule has 5 rings (SSSR count). The Kier molecular flexibility index (Phi) is 9.83. The van der Waals surface area contributed by atoms with Crippen molar-refractivity contribution in [2.24, 2.45) is 0 Å². The summed E-state index contributed by atoms with van der Waals surface area (Å²) in [4.78, 5) is 2.18. The number of nitrogens with zero attached hydrogens (tertiary/aromatic N) is 2. The Morgan fingerprint density at radius 3 is 2.17 bits per heavy atom. The Labute approximate surface area is 254 Å². The molecule has 0 bridgehead atoms. The standard InChI is InChI=1S/C34H32ClF3N2OS/c1-42-40-21-19-28-31(40)17-9-18-32(28)41-22-10-20-39(23-27-15-8-16-30(33(27)35)34(36,37)38)24-29(25-11-4-2-5-12-25)26-13-6-3-7-14-26/h2-9,11-19,21,29H,10,20,22-24H2,1H3. The molecule has 0 aliphatic carbocycles. The first-order chi connectivity index (χ1) is 20.3. The Morgan fingerprint density at radius 2 is 1.52 bits per heavy atom. The van der Waals surface area contributed by atoms with Gasteiger partial charge in [-0.05, 0) is 59.3 Å². The maximum atomic E-state index is 13.6. The minimum atomic E-state index is -4.52. The van der Waals surface area contributed by atoms with E-state index in [9.17, 15) is 13.2 Å². The molecule has 0 saturated heterocycles. The van der Waals surface area contributed by atoms with Gasteiger partial charge in [-0.2, -0.15) is 13.2 Å². The second kappa shape index (κ2) is 13.7. The maximum Gasteiger partial charge on any atom is 0.417 e. The van der Waals surface area contributed by atoms with Crippen molar-refractivity contribution in [2.75, 3.05) is 26.0 Å². The molecule has 0 atom stereocenters. The number of rotatable bonds is 12. The van der Waals surface area contributed by atoms with Crippen LogP contribution in [0.25, 0.3) is 10.9 Å². The number of hydrogen-bond acceptors (Lipinski definition) is 3. The van der Waals surface area contributed by atoms with Crippen LogP contribution in [-0.4, -0.2) is 34.8 Å². The molecule has 0 radical (unpaired) electrons. The summed E-state index contributed by atoms with van der Waals surface area (Å²) in [6, 6.07) is 32.6. The Hall–Kier alpha value is -3.39. The molecule has 1 aromatic heterocycles. The summed E-state index contributed by atoms with van der Waals surface area (Å²) in [5.41, 5.74) is 3.03. The number of benzene rings is 4. The van der Waals surface area contributed by atoms with Gasteiger partial charge in [-0.1, -0.05) is 90.5 Å². The molecule has 8 heteroatoms. The number of alkyl halides is 3. The summed E-state index contributed by atoms with van der Waals surface area (Å²) in [6.45, 7) is 1.97. The van der Waals surface area contributed by atoms with Gasteiger partial charge in [0.05, 0.1) is 22.7 Å². The predicted octanol–water partition coefficient (Wildman–Crippen LogP) is 9.54. The molecular weight excluding hydrogens is 577 g/mol. The van der Waals surface area contributed by atoms with Crippen molar-refractivity contribution in [3.63, 3.8) is 0 Å². The zero-order valence-corrected chi connectivity index (χ0v) is 24.8. The lowest BCUT2D eigenvalue weighted by Crippen LogP contribution is -2.31. The summed E-state index contributed by atoms with van der Waals surface area (Å²) >= 11 is 7.97. The van der Waals surface area contributed by atoms with E-state index in [0.717, 1.165) is 33.8 Å². The molecule has 3 nitrogen and oxygen atoms in total. The highest BCUT2D eigenvalue weighted by Crippen LogP contribution is 2.37. The van der Waals surface area contributed by atoms with Crippen molar-refractivity contribution in [1.29, 1.82) is 0 Å². The Balaban J connectivity index is 1.38. The average Bonchev–Trinajstić information content (AvgIpc) is 3.43. The zero-order valence-electron chi connectivity index (χ0n) is 23.2. The highest BCUT2D eigenvalue weighted by atomic mass is 35.5. The number of ether oxygens (including phenoxy) is 1. The van der Waals surface area contributed by atoms with Crippen LogP contribution in [0.3, 0.4) is 0 Å². The van der Waals surface area contributed by atoms with E-state index in [-0.39, 0.29) is 17.5 Å². The van der Waals surface area contributed by atoms with Gasteiger partial charge in [0, 0.05) is 43.4 Å². The van der Waals surface area contributed by atoms with Crippen LogP contribution in [0.4, 0.5) is 13.2 Å². The summed E-state index contributed by atoms with van der Waals surface area (Å²) in [5.74, 6) is 0.845. The van der Waals surface area contributed by atoms with Gasteiger partial charge >= 0.3 is 6.18 Å². The van der Waals surface area contributed by atoms with Crippen molar-refractivity contribution in [3.8, 4) is 5.75 Å². The monoisotopic (exact) mass is 608 g/mol. The highest BCUT2D eigenvalue weighted by Gasteiger charge is 2.34. The van der Waals surface area contributed by atoms with E-state index >= 15 is 0 Å². The number of aromatic nitrogens is 1. The van der Waals surface area contributed by atoms with Crippen LogP contribution in [0.2, 0.25) is 5.02 Å². The fourth-order valence-corrected chi connectivity index (χ4v) is 6.13. The molecule has 0 saturated carbocycles. The van der Waals surface area contributed by atoms with Crippen LogP contribution in [0, 0.1) is 0 Å². The second-order valence-electron chi connectivity index (χ2n) is 10.1. The molecule has 0 aliphatic heterocycles. The lowest BCUT2D eigenvalue weighted by molar-refractivity contribution is -0.137. The minimum Gasteiger partial charge on any atom is -0.493 e. The first-order valence-electron chi connectivity index (χ1n) is 13.8. The van der Waals surface area contributed by atoms with Crippen LogP contribution in [0.15, 0.2) is 109 Å². The van der Waals surface area contributed by atoms with Gasteiger partial charge < -0.3 is 4.74 Å². The van der Waals surface area contributed by atoms with E-state index in [0.29, 0.717) is 31.7 Å². The van der Waals surface area contributed by atoms with Crippen LogP contribution in [0.5, 0.6) is 5.75 Å². The van der Waals surface area contributed by atoms with Crippen LogP contribution >= 0.6 is 23.5 Å². The fourth-order valence-electron chi connectivity index (χ4n) is 5.30. The smallest absolute Gasteiger partial charge is 0.417 e. The van der Waals surface area contributed by atoms with Gasteiger partial charge in [-0.3, -0.25) is 8.87 Å². The normalized spacial score (nSPS) is 12.0. The third kappa shape index (κ3) is 7.14. The van der Waals surface area contributed by atoms with E-state index in [1.54, 1.807) is 18.0 Å². The van der Waals surface area contributed by atoms with Crippen molar-refractivity contribution < 1.29 is 17.9 Å². The number of halogens is 4. The Bertz CT molecular complexity index is 1550. The third-order valence-electron chi connectivity index (χ3n) is 7.35.